The lowest BCUT2D eigenvalue weighted by molar-refractivity contribution is 0.00584. The molecule has 2 amide bonds. The van der Waals surface area contributed by atoms with Gasteiger partial charge in [-0.15, -0.1) is 0 Å². The Hall–Kier alpha value is -3.68. The van der Waals surface area contributed by atoms with Crippen LogP contribution < -0.4 is 10.1 Å². The molecule has 1 saturated heterocycles. The van der Waals surface area contributed by atoms with Crippen LogP contribution in [0.15, 0.2) is 72.8 Å². The molecule has 0 saturated carbocycles. The van der Waals surface area contributed by atoms with Crippen molar-refractivity contribution in [3.8, 4) is 5.75 Å². The van der Waals surface area contributed by atoms with Crippen LogP contribution in [0.4, 0.5) is 10.5 Å². The number of methoxy groups -OCH3 is 1. The second-order valence-corrected chi connectivity index (χ2v) is 9.42. The third-order valence-electron chi connectivity index (χ3n) is 6.64. The van der Waals surface area contributed by atoms with E-state index in [1.807, 2.05) is 23.1 Å². The average Bonchev–Trinajstić information content (AvgIpc) is 2.92. The van der Waals surface area contributed by atoms with E-state index in [0.29, 0.717) is 30.9 Å². The van der Waals surface area contributed by atoms with Crippen LogP contribution in [-0.2, 0) is 11.3 Å². The van der Waals surface area contributed by atoms with Gasteiger partial charge in [0.2, 0.25) is 0 Å². The van der Waals surface area contributed by atoms with Gasteiger partial charge in [0, 0.05) is 44.0 Å². The summed E-state index contributed by atoms with van der Waals surface area (Å²) in [5.74, 6) is 0.775. The van der Waals surface area contributed by atoms with Crippen molar-refractivity contribution in [2.24, 2.45) is 0 Å². The lowest BCUT2D eigenvalue weighted by atomic mass is 10.1. The molecule has 1 atom stereocenters. The van der Waals surface area contributed by atoms with Gasteiger partial charge in [0.1, 0.15) is 5.75 Å². The monoisotopic (exact) mass is 501 g/mol. The first-order valence-electron chi connectivity index (χ1n) is 12.6. The minimum Gasteiger partial charge on any atom is -0.497 e. The van der Waals surface area contributed by atoms with Crippen LogP contribution in [0.1, 0.15) is 40.1 Å². The van der Waals surface area contributed by atoms with Crippen LogP contribution in [0.5, 0.6) is 5.75 Å². The number of nitrogens with zero attached hydrogens (tertiary/aromatic N) is 2. The molecule has 37 heavy (non-hydrogen) atoms. The standard InChI is InChI=1S/C30H35N3O4/c1-22-10-12-24(13-11-22)21-37-29(26-7-5-9-28(19-26)36-3)20-32-14-16-33(17-15-32)30(35)31-27-8-4-6-25(18-27)23(2)34/h4-13,18-19,29H,14-17,20-21H2,1-3H3,(H,31,35)/t29-/m0/s1. The van der Waals surface area contributed by atoms with Crippen molar-refractivity contribution in [2.45, 2.75) is 26.6 Å². The summed E-state index contributed by atoms with van der Waals surface area (Å²) < 4.78 is 11.9. The maximum Gasteiger partial charge on any atom is 0.321 e. The summed E-state index contributed by atoms with van der Waals surface area (Å²) in [6, 6.07) is 23.3. The Morgan fingerprint density at radius 2 is 1.68 bits per heavy atom. The molecule has 4 rings (SSSR count). The average molecular weight is 502 g/mol. The molecule has 0 aromatic heterocycles. The van der Waals surface area contributed by atoms with Crippen LogP contribution in [0.25, 0.3) is 0 Å². The maximum atomic E-state index is 12.8. The fourth-order valence-electron chi connectivity index (χ4n) is 4.36. The molecule has 194 valence electrons. The van der Waals surface area contributed by atoms with E-state index in [4.69, 9.17) is 9.47 Å². The smallest absolute Gasteiger partial charge is 0.321 e. The van der Waals surface area contributed by atoms with Gasteiger partial charge in [-0.1, -0.05) is 54.1 Å². The van der Waals surface area contributed by atoms with Gasteiger partial charge in [0.05, 0.1) is 19.8 Å². The Kier molecular flexibility index (Phi) is 8.93. The number of amides is 2. The summed E-state index contributed by atoms with van der Waals surface area (Å²) in [5, 5.41) is 2.92. The number of urea groups is 1. The number of hydrogen-bond acceptors (Lipinski definition) is 5. The first-order chi connectivity index (χ1) is 17.9. The Balaban J connectivity index is 1.36. The Labute approximate surface area is 219 Å². The molecule has 3 aromatic rings. The van der Waals surface area contributed by atoms with E-state index in [2.05, 4.69) is 47.5 Å². The van der Waals surface area contributed by atoms with Crippen molar-refractivity contribution in [1.29, 1.82) is 0 Å². The largest absolute Gasteiger partial charge is 0.497 e. The number of carbonyl (C=O) groups is 2. The molecule has 1 N–H and O–H groups in total. The predicted octanol–water partition coefficient (Wildman–Crippen LogP) is 5.31. The molecule has 7 heteroatoms. The quantitative estimate of drug-likeness (QED) is 0.402. The van der Waals surface area contributed by atoms with Crippen LogP contribution in [0.3, 0.4) is 0 Å². The van der Waals surface area contributed by atoms with Crippen molar-refractivity contribution < 1.29 is 19.1 Å². The number of aryl methyl sites for hydroxylation is 1. The summed E-state index contributed by atoms with van der Waals surface area (Å²) in [4.78, 5) is 28.6. The van der Waals surface area contributed by atoms with Gasteiger partial charge in [0.25, 0.3) is 0 Å². The van der Waals surface area contributed by atoms with E-state index in [9.17, 15) is 9.59 Å². The summed E-state index contributed by atoms with van der Waals surface area (Å²) in [6.07, 6.45) is -0.133. The molecule has 1 heterocycles. The number of nitrogens with one attached hydrogen (secondary N) is 1. The zero-order valence-corrected chi connectivity index (χ0v) is 21.8. The van der Waals surface area contributed by atoms with Gasteiger partial charge in [0.15, 0.2) is 5.78 Å². The fourth-order valence-corrected chi connectivity index (χ4v) is 4.36. The Morgan fingerprint density at radius 3 is 2.38 bits per heavy atom. The van der Waals surface area contributed by atoms with Crippen LogP contribution in [0.2, 0.25) is 0 Å². The number of rotatable bonds is 9. The zero-order chi connectivity index (χ0) is 26.2. The Morgan fingerprint density at radius 1 is 0.946 bits per heavy atom. The third-order valence-corrected chi connectivity index (χ3v) is 6.64. The summed E-state index contributed by atoms with van der Waals surface area (Å²) >= 11 is 0. The highest BCUT2D eigenvalue weighted by molar-refractivity contribution is 5.96. The normalized spacial score (nSPS) is 14.7. The van der Waals surface area contributed by atoms with Gasteiger partial charge >= 0.3 is 6.03 Å². The minimum absolute atomic E-state index is 0.0279. The number of piperazine rings is 1. The summed E-state index contributed by atoms with van der Waals surface area (Å²) in [5.41, 5.74) is 4.63. The highest BCUT2D eigenvalue weighted by Crippen LogP contribution is 2.25. The molecule has 0 unspecified atom stereocenters. The highest BCUT2D eigenvalue weighted by Gasteiger charge is 2.24. The first kappa shape index (κ1) is 26.4. The van der Waals surface area contributed by atoms with Gasteiger partial charge in [-0.05, 0) is 49.2 Å². The van der Waals surface area contributed by atoms with Crippen molar-refractivity contribution >= 4 is 17.5 Å². The van der Waals surface area contributed by atoms with Gasteiger partial charge in [-0.3, -0.25) is 9.69 Å². The summed E-state index contributed by atoms with van der Waals surface area (Å²) in [6.45, 7) is 7.54. The second-order valence-electron chi connectivity index (χ2n) is 9.42. The topological polar surface area (TPSA) is 71.1 Å². The van der Waals surface area contributed by atoms with Gasteiger partial charge in [-0.25, -0.2) is 4.79 Å². The van der Waals surface area contributed by atoms with Crippen molar-refractivity contribution in [3.63, 3.8) is 0 Å². The van der Waals surface area contributed by atoms with E-state index < -0.39 is 0 Å². The van der Waals surface area contributed by atoms with Gasteiger partial charge in [-0.2, -0.15) is 0 Å². The molecule has 0 aliphatic carbocycles. The molecule has 0 spiro atoms. The zero-order valence-electron chi connectivity index (χ0n) is 21.8. The minimum atomic E-state index is -0.152. The number of ether oxygens (including phenoxy) is 2. The predicted molar refractivity (Wildman–Crippen MR) is 145 cm³/mol. The molecular formula is C30H35N3O4. The lowest BCUT2D eigenvalue weighted by Gasteiger charge is -2.36. The van der Waals surface area contributed by atoms with E-state index in [0.717, 1.165) is 36.5 Å². The van der Waals surface area contributed by atoms with Crippen LogP contribution in [0, 0.1) is 6.92 Å². The number of anilines is 1. The van der Waals surface area contributed by atoms with E-state index in [1.165, 1.54) is 12.5 Å². The summed E-state index contributed by atoms with van der Waals surface area (Å²) in [7, 11) is 1.67. The molecule has 0 radical (unpaired) electrons. The van der Waals surface area contributed by atoms with Crippen molar-refractivity contribution in [1.82, 2.24) is 9.80 Å². The fraction of sp³-hybridized carbons (Fsp3) is 0.333. The number of benzene rings is 3. The number of carbonyl (C=O) groups excluding carboxylic acids is 2. The molecule has 7 nitrogen and oxygen atoms in total. The molecule has 1 aliphatic heterocycles. The molecular weight excluding hydrogens is 466 g/mol. The lowest BCUT2D eigenvalue weighted by Crippen LogP contribution is -2.50. The molecule has 0 bridgehead atoms. The Bertz CT molecular complexity index is 1200. The van der Waals surface area contributed by atoms with E-state index >= 15 is 0 Å². The first-order valence-corrected chi connectivity index (χ1v) is 12.6. The van der Waals surface area contributed by atoms with E-state index in [-0.39, 0.29) is 17.9 Å². The number of Topliss-reactive ketones (excluding diaryl/α,β-unsaturated/α-hetero) is 1. The highest BCUT2D eigenvalue weighted by atomic mass is 16.5. The van der Waals surface area contributed by atoms with E-state index in [1.54, 1.807) is 31.4 Å². The number of ketones is 1. The second kappa shape index (κ2) is 12.5. The third kappa shape index (κ3) is 7.41. The van der Waals surface area contributed by atoms with Crippen LogP contribution in [-0.4, -0.2) is 61.4 Å². The van der Waals surface area contributed by atoms with Crippen LogP contribution >= 0.6 is 0 Å². The number of hydrogen-bond donors (Lipinski definition) is 1. The molecule has 3 aromatic carbocycles. The SMILES string of the molecule is COc1cccc([C@H](CN2CCN(C(=O)Nc3cccc(C(C)=O)c3)CC2)OCc2ccc(C)cc2)c1. The van der Waals surface area contributed by atoms with Crippen molar-refractivity contribution in [3.05, 3.63) is 95.1 Å². The maximum absolute atomic E-state index is 12.8. The van der Waals surface area contributed by atoms with Gasteiger partial charge < -0.3 is 19.7 Å². The molecule has 1 fully saturated rings. The molecule has 1 aliphatic rings. The van der Waals surface area contributed by atoms with Crippen molar-refractivity contribution in [2.75, 3.05) is 45.2 Å².